The Balaban J connectivity index is 2.50. The molecule has 1 aliphatic carbocycles. The Morgan fingerprint density at radius 3 is 2.40 bits per heavy atom. The van der Waals surface area contributed by atoms with Crippen LogP contribution >= 0.6 is 0 Å². The fourth-order valence-corrected chi connectivity index (χ4v) is 4.25. The molecule has 1 N–H and O–H groups in total. The number of carboxylic acid groups (broad SMARTS) is 1. The number of fused-ring (bicyclic) bond motifs is 1. The molecule has 0 spiro atoms. The van der Waals surface area contributed by atoms with E-state index >= 15 is 0 Å². The van der Waals surface area contributed by atoms with Crippen molar-refractivity contribution in [2.24, 2.45) is 5.92 Å². The van der Waals surface area contributed by atoms with Crippen molar-refractivity contribution in [3.8, 4) is 5.75 Å². The average molecular weight is 417 g/mol. The Labute approximate surface area is 178 Å². The van der Waals surface area contributed by atoms with Gasteiger partial charge in [-0.05, 0) is 69.1 Å². The third-order valence-corrected chi connectivity index (χ3v) is 5.66. The van der Waals surface area contributed by atoms with Crippen LogP contribution in [-0.2, 0) is 14.3 Å². The highest BCUT2D eigenvalue weighted by Crippen LogP contribution is 2.48. The topological polar surface area (TPSA) is 89.9 Å². The van der Waals surface area contributed by atoms with Crippen LogP contribution in [-0.4, -0.2) is 29.6 Å². The van der Waals surface area contributed by atoms with E-state index in [1.54, 1.807) is 6.07 Å². The van der Waals surface area contributed by atoms with Crippen molar-refractivity contribution in [3.05, 3.63) is 40.5 Å². The summed E-state index contributed by atoms with van der Waals surface area (Å²) in [5, 5.41) is 9.60. The lowest BCUT2D eigenvalue weighted by atomic mass is 9.70. The molecule has 6 heteroatoms. The van der Waals surface area contributed by atoms with Crippen LogP contribution in [0.2, 0.25) is 0 Å². The molecule has 2 rings (SSSR count). The molecule has 0 radical (unpaired) electrons. The Morgan fingerprint density at radius 1 is 1.13 bits per heavy atom. The first-order chi connectivity index (χ1) is 14.1. The van der Waals surface area contributed by atoms with Crippen molar-refractivity contribution in [1.29, 1.82) is 0 Å². The maximum atomic E-state index is 11.7. The number of aromatic carboxylic acids is 1. The smallest absolute Gasteiger partial charge is 0.335 e. The van der Waals surface area contributed by atoms with Gasteiger partial charge in [0, 0.05) is 25.3 Å². The SMILES string of the molecule is CC(=O)OC[C@@H]1CC[C@@H]([C@@H](C)CCC=C(C)C)c2cc(C(=O)O)cc(OC(C)=O)c21. The van der Waals surface area contributed by atoms with Gasteiger partial charge in [0.2, 0.25) is 0 Å². The summed E-state index contributed by atoms with van der Waals surface area (Å²) in [7, 11) is 0. The van der Waals surface area contributed by atoms with Crippen LogP contribution in [0.15, 0.2) is 23.8 Å². The summed E-state index contributed by atoms with van der Waals surface area (Å²) >= 11 is 0. The second-order valence-corrected chi connectivity index (χ2v) is 8.40. The van der Waals surface area contributed by atoms with Crippen molar-refractivity contribution in [2.75, 3.05) is 6.61 Å². The van der Waals surface area contributed by atoms with Gasteiger partial charge >= 0.3 is 17.9 Å². The summed E-state index contributed by atoms with van der Waals surface area (Å²) in [6.45, 7) is 9.16. The number of carbonyl (C=O) groups is 3. The van der Waals surface area contributed by atoms with Gasteiger partial charge < -0.3 is 14.6 Å². The quantitative estimate of drug-likeness (QED) is 0.355. The number of hydrogen-bond acceptors (Lipinski definition) is 5. The van der Waals surface area contributed by atoms with Gasteiger partial charge in [0.05, 0.1) is 12.2 Å². The molecule has 0 saturated carbocycles. The summed E-state index contributed by atoms with van der Waals surface area (Å²) in [6.07, 6.45) is 5.78. The Kier molecular flexibility index (Phi) is 8.21. The summed E-state index contributed by atoms with van der Waals surface area (Å²) in [6, 6.07) is 3.10. The molecule has 0 unspecified atom stereocenters. The number of benzene rings is 1. The highest BCUT2D eigenvalue weighted by Gasteiger charge is 2.34. The molecule has 0 saturated heterocycles. The summed E-state index contributed by atoms with van der Waals surface area (Å²) in [5.41, 5.74) is 3.05. The number of allylic oxidation sites excluding steroid dienone is 2. The fourth-order valence-electron chi connectivity index (χ4n) is 4.25. The lowest BCUT2D eigenvalue weighted by Crippen LogP contribution is -2.25. The van der Waals surface area contributed by atoms with Crippen molar-refractivity contribution < 1.29 is 29.0 Å². The molecular weight excluding hydrogens is 384 g/mol. The standard InChI is InChI=1S/C24H32O6/c1-14(2)7-6-8-15(3)20-10-9-18(13-29-16(4)25)23-21(20)11-19(24(27)28)12-22(23)30-17(5)26/h7,11-12,15,18,20H,6,8-10,13H2,1-5H3,(H,27,28)/t15-,18-,20-/m0/s1. The molecule has 1 aliphatic rings. The molecule has 0 aromatic heterocycles. The molecule has 1 aromatic rings. The second kappa shape index (κ2) is 10.4. The maximum absolute atomic E-state index is 11.7. The zero-order valence-electron chi connectivity index (χ0n) is 18.5. The number of carbonyl (C=O) groups excluding carboxylic acids is 2. The number of carboxylic acids is 1. The van der Waals surface area contributed by atoms with E-state index in [0.29, 0.717) is 5.92 Å². The third kappa shape index (κ3) is 6.18. The van der Waals surface area contributed by atoms with Crippen molar-refractivity contribution in [1.82, 2.24) is 0 Å². The number of ether oxygens (including phenoxy) is 2. The minimum Gasteiger partial charge on any atom is -0.478 e. The normalized spacial score (nSPS) is 18.7. The van der Waals surface area contributed by atoms with Gasteiger partial charge in [-0.3, -0.25) is 9.59 Å². The molecule has 30 heavy (non-hydrogen) atoms. The van der Waals surface area contributed by atoms with Crippen molar-refractivity contribution in [2.45, 2.75) is 72.1 Å². The fraction of sp³-hybridized carbons (Fsp3) is 0.542. The molecule has 0 heterocycles. The van der Waals surface area contributed by atoms with Gasteiger partial charge in [0.1, 0.15) is 5.75 Å². The third-order valence-electron chi connectivity index (χ3n) is 5.66. The predicted molar refractivity (Wildman–Crippen MR) is 114 cm³/mol. The Morgan fingerprint density at radius 2 is 1.83 bits per heavy atom. The minimum absolute atomic E-state index is 0.0969. The van der Waals surface area contributed by atoms with Gasteiger partial charge in [-0.15, -0.1) is 0 Å². The van der Waals surface area contributed by atoms with E-state index < -0.39 is 11.9 Å². The zero-order chi connectivity index (χ0) is 22.4. The predicted octanol–water partition coefficient (Wildman–Crippen LogP) is 5.22. The van der Waals surface area contributed by atoms with Crippen LogP contribution < -0.4 is 4.74 Å². The highest BCUT2D eigenvalue weighted by molar-refractivity contribution is 5.89. The minimum atomic E-state index is -1.07. The Hall–Kier alpha value is -2.63. The van der Waals surface area contributed by atoms with Crippen LogP contribution in [0.1, 0.15) is 93.6 Å². The van der Waals surface area contributed by atoms with E-state index in [1.165, 1.54) is 25.5 Å². The van der Waals surface area contributed by atoms with E-state index in [-0.39, 0.29) is 35.7 Å². The highest BCUT2D eigenvalue weighted by atomic mass is 16.5. The first-order valence-electron chi connectivity index (χ1n) is 10.5. The largest absolute Gasteiger partial charge is 0.478 e. The molecule has 164 valence electrons. The molecule has 0 fully saturated rings. The second-order valence-electron chi connectivity index (χ2n) is 8.40. The van der Waals surface area contributed by atoms with Crippen molar-refractivity contribution >= 4 is 17.9 Å². The van der Waals surface area contributed by atoms with Crippen LogP contribution in [0.3, 0.4) is 0 Å². The first-order valence-corrected chi connectivity index (χ1v) is 10.5. The van der Waals surface area contributed by atoms with Crippen LogP contribution in [0.4, 0.5) is 0 Å². The summed E-state index contributed by atoms with van der Waals surface area (Å²) < 4.78 is 10.7. The molecule has 0 bridgehead atoms. The maximum Gasteiger partial charge on any atom is 0.335 e. The van der Waals surface area contributed by atoms with E-state index in [0.717, 1.165) is 36.8 Å². The molecule has 3 atom stereocenters. The monoisotopic (exact) mass is 416 g/mol. The van der Waals surface area contributed by atoms with Gasteiger partial charge in [0.15, 0.2) is 0 Å². The molecule has 0 amide bonds. The zero-order valence-corrected chi connectivity index (χ0v) is 18.5. The number of esters is 2. The average Bonchev–Trinajstić information content (AvgIpc) is 2.64. The van der Waals surface area contributed by atoms with Crippen LogP contribution in [0.5, 0.6) is 5.75 Å². The lowest BCUT2D eigenvalue weighted by Gasteiger charge is -2.36. The van der Waals surface area contributed by atoms with Gasteiger partial charge in [-0.2, -0.15) is 0 Å². The van der Waals surface area contributed by atoms with E-state index in [1.807, 2.05) is 0 Å². The van der Waals surface area contributed by atoms with Crippen LogP contribution in [0.25, 0.3) is 0 Å². The summed E-state index contributed by atoms with van der Waals surface area (Å²) in [5.74, 6) is -1.35. The van der Waals surface area contributed by atoms with Gasteiger partial charge in [-0.1, -0.05) is 18.6 Å². The van der Waals surface area contributed by atoms with Gasteiger partial charge in [0.25, 0.3) is 0 Å². The van der Waals surface area contributed by atoms with Crippen molar-refractivity contribution in [3.63, 3.8) is 0 Å². The lowest BCUT2D eigenvalue weighted by molar-refractivity contribution is -0.141. The van der Waals surface area contributed by atoms with E-state index in [9.17, 15) is 19.5 Å². The van der Waals surface area contributed by atoms with E-state index in [4.69, 9.17) is 9.47 Å². The van der Waals surface area contributed by atoms with Crippen LogP contribution in [0, 0.1) is 5.92 Å². The Bertz CT molecular complexity index is 834. The first kappa shape index (κ1) is 23.6. The molecule has 1 aromatic carbocycles. The molecule has 6 nitrogen and oxygen atoms in total. The number of rotatable bonds is 8. The van der Waals surface area contributed by atoms with Gasteiger partial charge in [-0.25, -0.2) is 4.79 Å². The summed E-state index contributed by atoms with van der Waals surface area (Å²) in [4.78, 5) is 34.8. The molecular formula is C24H32O6. The molecule has 0 aliphatic heterocycles. The number of hydrogen-bond donors (Lipinski definition) is 1. The van der Waals surface area contributed by atoms with E-state index in [2.05, 4.69) is 26.8 Å².